The minimum atomic E-state index is -0.519. The first kappa shape index (κ1) is 14.1. The summed E-state index contributed by atoms with van der Waals surface area (Å²) in [6.07, 6.45) is 1.98. The molecule has 0 saturated heterocycles. The first-order valence-electron chi connectivity index (χ1n) is 5.69. The molecule has 0 aliphatic rings. The molecule has 18 heavy (non-hydrogen) atoms. The lowest BCUT2D eigenvalue weighted by Gasteiger charge is -2.21. The normalized spacial score (nSPS) is 10.2. The third-order valence-electron chi connectivity index (χ3n) is 2.33. The van der Waals surface area contributed by atoms with Crippen LogP contribution in [0.15, 0.2) is 6.20 Å². The maximum absolute atomic E-state index is 11.0. The maximum Gasteiger partial charge on any atom is 0.329 e. The summed E-state index contributed by atoms with van der Waals surface area (Å²) in [5.41, 5.74) is -0.157. The minimum Gasteiger partial charge on any atom is -0.395 e. The van der Waals surface area contributed by atoms with E-state index in [4.69, 9.17) is 5.11 Å². The van der Waals surface area contributed by atoms with Crippen LogP contribution in [0.2, 0.25) is 0 Å². The predicted molar refractivity (Wildman–Crippen MR) is 67.8 cm³/mol. The number of nitro groups is 1. The van der Waals surface area contributed by atoms with Crippen molar-refractivity contribution in [3.05, 3.63) is 16.3 Å². The summed E-state index contributed by atoms with van der Waals surface area (Å²) in [4.78, 5) is 20.0. The quantitative estimate of drug-likeness (QED) is 0.544. The molecule has 0 saturated carbocycles. The highest BCUT2D eigenvalue weighted by Crippen LogP contribution is 2.25. The van der Waals surface area contributed by atoms with E-state index in [2.05, 4.69) is 15.3 Å². The van der Waals surface area contributed by atoms with Crippen LogP contribution in [0.3, 0.4) is 0 Å². The standard InChI is InChI=1S/C10H17N5O3/c1-3-4-14(5-6-16)9-8(15(17)18)7-12-10(11-2)13-9/h7,16H,3-6H2,1-2H3,(H,11,12,13). The summed E-state index contributed by atoms with van der Waals surface area (Å²) in [6, 6.07) is 0. The van der Waals surface area contributed by atoms with E-state index in [1.807, 2.05) is 6.92 Å². The number of anilines is 2. The van der Waals surface area contributed by atoms with Crippen molar-refractivity contribution in [1.82, 2.24) is 9.97 Å². The Hall–Kier alpha value is -1.96. The van der Waals surface area contributed by atoms with Crippen LogP contribution in [-0.4, -0.2) is 46.7 Å². The second kappa shape index (κ2) is 6.70. The largest absolute Gasteiger partial charge is 0.395 e. The molecule has 8 heteroatoms. The lowest BCUT2D eigenvalue weighted by Crippen LogP contribution is -2.29. The van der Waals surface area contributed by atoms with E-state index in [0.717, 1.165) is 6.42 Å². The van der Waals surface area contributed by atoms with E-state index in [1.165, 1.54) is 6.20 Å². The third-order valence-corrected chi connectivity index (χ3v) is 2.33. The molecule has 0 unspecified atom stereocenters. The molecule has 0 fully saturated rings. The van der Waals surface area contributed by atoms with Crippen molar-refractivity contribution >= 4 is 17.5 Å². The second-order valence-electron chi connectivity index (χ2n) is 3.62. The molecule has 1 aromatic heterocycles. The Labute approximate surface area is 105 Å². The van der Waals surface area contributed by atoms with Gasteiger partial charge in [0.15, 0.2) is 0 Å². The fourth-order valence-corrected chi connectivity index (χ4v) is 1.56. The van der Waals surface area contributed by atoms with Gasteiger partial charge in [0.2, 0.25) is 11.8 Å². The highest BCUT2D eigenvalue weighted by atomic mass is 16.6. The van der Waals surface area contributed by atoms with E-state index >= 15 is 0 Å². The molecule has 8 nitrogen and oxygen atoms in total. The van der Waals surface area contributed by atoms with Crippen LogP contribution in [0.4, 0.5) is 17.5 Å². The molecule has 0 amide bonds. The molecule has 0 aliphatic carbocycles. The first-order valence-corrected chi connectivity index (χ1v) is 5.69. The zero-order valence-electron chi connectivity index (χ0n) is 10.5. The Morgan fingerprint density at radius 3 is 2.78 bits per heavy atom. The van der Waals surface area contributed by atoms with Gasteiger partial charge in [-0.05, 0) is 6.42 Å². The van der Waals surface area contributed by atoms with Crippen LogP contribution >= 0.6 is 0 Å². The fourth-order valence-electron chi connectivity index (χ4n) is 1.56. The Morgan fingerprint density at radius 2 is 2.28 bits per heavy atom. The number of hydrogen-bond donors (Lipinski definition) is 2. The second-order valence-corrected chi connectivity index (χ2v) is 3.62. The summed E-state index contributed by atoms with van der Waals surface area (Å²) < 4.78 is 0. The van der Waals surface area contributed by atoms with Crippen LogP contribution in [0.5, 0.6) is 0 Å². The van der Waals surface area contributed by atoms with E-state index < -0.39 is 4.92 Å². The van der Waals surface area contributed by atoms with Crippen molar-refractivity contribution in [1.29, 1.82) is 0 Å². The van der Waals surface area contributed by atoms with Crippen LogP contribution in [0, 0.1) is 10.1 Å². The number of aliphatic hydroxyl groups is 1. The fraction of sp³-hybridized carbons (Fsp3) is 0.600. The Morgan fingerprint density at radius 1 is 1.56 bits per heavy atom. The van der Waals surface area contributed by atoms with Crippen molar-refractivity contribution in [2.75, 3.05) is 37.0 Å². The van der Waals surface area contributed by atoms with Gasteiger partial charge in [-0.2, -0.15) is 4.98 Å². The molecule has 1 rings (SSSR count). The monoisotopic (exact) mass is 255 g/mol. The molecule has 0 radical (unpaired) electrons. The summed E-state index contributed by atoms with van der Waals surface area (Å²) in [6.45, 7) is 2.75. The highest BCUT2D eigenvalue weighted by Gasteiger charge is 2.22. The van der Waals surface area contributed by atoms with Gasteiger partial charge in [0.1, 0.15) is 6.20 Å². The van der Waals surface area contributed by atoms with Gasteiger partial charge < -0.3 is 15.3 Å². The number of nitrogens with one attached hydrogen (secondary N) is 1. The highest BCUT2D eigenvalue weighted by molar-refractivity contribution is 5.58. The molecule has 1 aromatic rings. The lowest BCUT2D eigenvalue weighted by molar-refractivity contribution is -0.384. The Balaban J connectivity index is 3.18. The van der Waals surface area contributed by atoms with Gasteiger partial charge in [-0.3, -0.25) is 10.1 Å². The maximum atomic E-state index is 11.0. The molecule has 0 spiro atoms. The molecule has 0 aromatic carbocycles. The summed E-state index contributed by atoms with van der Waals surface area (Å²) >= 11 is 0. The zero-order chi connectivity index (χ0) is 13.5. The van der Waals surface area contributed by atoms with Crippen LogP contribution in [0.25, 0.3) is 0 Å². The van der Waals surface area contributed by atoms with Gasteiger partial charge in [-0.15, -0.1) is 0 Å². The summed E-state index contributed by atoms with van der Waals surface area (Å²) in [5, 5.41) is 22.7. The van der Waals surface area contributed by atoms with E-state index in [-0.39, 0.29) is 18.1 Å². The predicted octanol–water partition coefficient (Wildman–Crippen LogP) is 0.635. The van der Waals surface area contributed by atoms with Gasteiger partial charge in [0, 0.05) is 20.1 Å². The number of rotatable bonds is 7. The van der Waals surface area contributed by atoms with Crippen LogP contribution in [0.1, 0.15) is 13.3 Å². The van der Waals surface area contributed by atoms with Crippen molar-refractivity contribution < 1.29 is 10.0 Å². The topological polar surface area (TPSA) is 104 Å². The molecular formula is C10H17N5O3. The smallest absolute Gasteiger partial charge is 0.329 e. The number of aliphatic hydroxyl groups excluding tert-OH is 1. The number of aromatic nitrogens is 2. The van der Waals surface area contributed by atoms with Gasteiger partial charge >= 0.3 is 5.69 Å². The van der Waals surface area contributed by atoms with Gasteiger partial charge in [0.05, 0.1) is 11.5 Å². The molecule has 2 N–H and O–H groups in total. The Kier molecular flexibility index (Phi) is 5.25. The summed E-state index contributed by atoms with van der Waals surface area (Å²) in [5.74, 6) is 0.546. The molecule has 100 valence electrons. The van der Waals surface area contributed by atoms with Gasteiger partial charge in [-0.25, -0.2) is 4.98 Å². The lowest BCUT2D eigenvalue weighted by atomic mass is 10.3. The van der Waals surface area contributed by atoms with E-state index in [9.17, 15) is 10.1 Å². The van der Waals surface area contributed by atoms with Crippen LogP contribution in [-0.2, 0) is 0 Å². The molecule has 0 bridgehead atoms. The van der Waals surface area contributed by atoms with Crippen LogP contribution < -0.4 is 10.2 Å². The number of hydrogen-bond acceptors (Lipinski definition) is 7. The molecule has 0 aliphatic heterocycles. The van der Waals surface area contributed by atoms with Gasteiger partial charge in [0.25, 0.3) is 0 Å². The number of nitrogens with zero attached hydrogens (tertiary/aromatic N) is 4. The van der Waals surface area contributed by atoms with Crippen molar-refractivity contribution in [3.8, 4) is 0 Å². The third kappa shape index (κ3) is 3.27. The van der Waals surface area contributed by atoms with Crippen molar-refractivity contribution in [3.63, 3.8) is 0 Å². The van der Waals surface area contributed by atoms with E-state index in [1.54, 1.807) is 11.9 Å². The molecular weight excluding hydrogens is 238 g/mol. The van der Waals surface area contributed by atoms with Crippen molar-refractivity contribution in [2.24, 2.45) is 0 Å². The average Bonchev–Trinajstić information content (AvgIpc) is 2.37. The molecule has 1 heterocycles. The minimum absolute atomic E-state index is 0.0873. The zero-order valence-corrected chi connectivity index (χ0v) is 10.5. The molecule has 0 atom stereocenters. The van der Waals surface area contributed by atoms with Crippen molar-refractivity contribution in [2.45, 2.75) is 13.3 Å². The average molecular weight is 255 g/mol. The van der Waals surface area contributed by atoms with Gasteiger partial charge in [-0.1, -0.05) is 6.92 Å². The first-order chi connectivity index (χ1) is 8.63. The van der Waals surface area contributed by atoms with E-state index in [0.29, 0.717) is 19.0 Å². The SMILES string of the molecule is CCCN(CCO)c1nc(NC)ncc1[N+](=O)[O-]. The summed E-state index contributed by atoms with van der Waals surface area (Å²) in [7, 11) is 1.64. The Bertz CT molecular complexity index is 406.